The van der Waals surface area contributed by atoms with Gasteiger partial charge in [-0.15, -0.1) is 0 Å². The summed E-state index contributed by atoms with van der Waals surface area (Å²) in [5.41, 5.74) is 6.36. The van der Waals surface area contributed by atoms with Gasteiger partial charge in [-0.05, 0) is 39.1 Å². The highest BCUT2D eigenvalue weighted by atomic mass is 28.2. The first kappa shape index (κ1) is 13.1. The average molecular weight is 296 g/mol. The lowest BCUT2D eigenvalue weighted by Gasteiger charge is -2.16. The zero-order chi connectivity index (χ0) is 14.8. The zero-order valence-corrected chi connectivity index (χ0v) is 13.0. The summed E-state index contributed by atoms with van der Waals surface area (Å²) < 4.78 is 4.55. The lowest BCUT2D eigenvalue weighted by atomic mass is 9.91. The van der Waals surface area contributed by atoms with E-state index in [1.165, 1.54) is 33.0 Å². The smallest absolute Gasteiger partial charge is 0.196 e. The van der Waals surface area contributed by atoms with Crippen LogP contribution in [-0.4, -0.2) is 9.31 Å². The molecule has 0 bridgehead atoms. The van der Waals surface area contributed by atoms with Gasteiger partial charge in [0.15, 0.2) is 9.31 Å². The van der Waals surface area contributed by atoms with Gasteiger partial charge in [0.05, 0.1) is 0 Å². The maximum Gasteiger partial charge on any atom is 0.196 e. The molecular formula is C20H14NSi. The second kappa shape index (κ2) is 5.66. The van der Waals surface area contributed by atoms with Crippen LogP contribution in [0.15, 0.2) is 83.6 Å². The highest BCUT2D eigenvalue weighted by Gasteiger charge is 2.14. The number of rotatable bonds is 1. The molecule has 103 valence electrons. The van der Waals surface area contributed by atoms with E-state index < -0.39 is 0 Å². The van der Waals surface area contributed by atoms with E-state index in [1.807, 2.05) is 6.20 Å². The first-order valence-corrected chi connectivity index (χ1v) is 8.28. The third-order valence-electron chi connectivity index (χ3n) is 3.89. The molecule has 0 atom stereocenters. The Labute approximate surface area is 132 Å². The molecule has 22 heavy (non-hydrogen) atoms. The standard InChI is InChI=1S/C20H14NSi/c1-2-7-15(8-3-1)18-11-6-12-19-20(18)17-10-5-4-9-16(17)13-14-21-22-19/h1-14H/b14-13-,16-13?,20-17?,21-14?,22-19?,22-21?. The van der Waals surface area contributed by atoms with Crippen molar-refractivity contribution in [3.63, 3.8) is 0 Å². The minimum Gasteiger partial charge on any atom is -0.302 e. The predicted molar refractivity (Wildman–Crippen MR) is 94.2 cm³/mol. The molecule has 3 aromatic rings. The molecule has 0 amide bonds. The third-order valence-corrected chi connectivity index (χ3v) is 4.83. The maximum absolute atomic E-state index is 4.55. The summed E-state index contributed by atoms with van der Waals surface area (Å²) in [5.74, 6) is 0. The van der Waals surface area contributed by atoms with Crippen LogP contribution in [0.2, 0.25) is 0 Å². The van der Waals surface area contributed by atoms with E-state index in [-0.39, 0.29) is 0 Å². The van der Waals surface area contributed by atoms with E-state index in [1.54, 1.807) is 0 Å². The fourth-order valence-electron chi connectivity index (χ4n) is 2.89. The number of hydrogen-bond donors (Lipinski definition) is 0. The Morgan fingerprint density at radius 3 is 2.36 bits per heavy atom. The monoisotopic (exact) mass is 296 g/mol. The van der Waals surface area contributed by atoms with Crippen LogP contribution in [0.25, 0.3) is 28.3 Å². The second-order valence-electron chi connectivity index (χ2n) is 5.24. The van der Waals surface area contributed by atoms with Crippen molar-refractivity contribution in [1.29, 1.82) is 0 Å². The Balaban J connectivity index is 2.07. The summed E-state index contributed by atoms with van der Waals surface area (Å²) in [6, 6.07) is 25.7. The lowest BCUT2D eigenvalue weighted by molar-refractivity contribution is 1.55. The van der Waals surface area contributed by atoms with E-state index in [0.717, 1.165) is 0 Å². The molecule has 0 fully saturated rings. The van der Waals surface area contributed by atoms with Gasteiger partial charge >= 0.3 is 0 Å². The Morgan fingerprint density at radius 1 is 0.682 bits per heavy atom. The molecule has 1 aliphatic heterocycles. The summed E-state index contributed by atoms with van der Waals surface area (Å²) in [5, 5.41) is 1.30. The molecule has 1 aliphatic rings. The minimum absolute atomic E-state index is 0.453. The van der Waals surface area contributed by atoms with Crippen molar-refractivity contribution in [2.45, 2.75) is 0 Å². The van der Waals surface area contributed by atoms with Crippen LogP contribution >= 0.6 is 0 Å². The van der Waals surface area contributed by atoms with Crippen molar-refractivity contribution in [3.8, 4) is 22.3 Å². The van der Waals surface area contributed by atoms with Gasteiger partial charge in [-0.1, -0.05) is 72.8 Å². The van der Waals surface area contributed by atoms with E-state index in [4.69, 9.17) is 0 Å². The summed E-state index contributed by atoms with van der Waals surface area (Å²) in [6.45, 7) is 0. The van der Waals surface area contributed by atoms with Gasteiger partial charge in [-0.3, -0.25) is 0 Å². The van der Waals surface area contributed by atoms with Crippen LogP contribution in [0.3, 0.4) is 0 Å². The minimum atomic E-state index is 0.453. The average Bonchev–Trinajstić information content (AvgIpc) is 2.57. The topological polar surface area (TPSA) is 12.4 Å². The third kappa shape index (κ3) is 2.28. The molecule has 0 aliphatic carbocycles. The molecule has 1 radical (unpaired) electrons. The van der Waals surface area contributed by atoms with Gasteiger partial charge in [-0.25, -0.2) is 0 Å². The van der Waals surface area contributed by atoms with Gasteiger partial charge in [0, 0.05) is 6.20 Å². The van der Waals surface area contributed by atoms with Gasteiger partial charge in [0.1, 0.15) is 0 Å². The molecule has 0 aromatic heterocycles. The van der Waals surface area contributed by atoms with Gasteiger partial charge in [-0.2, -0.15) is 0 Å². The van der Waals surface area contributed by atoms with Crippen LogP contribution in [0.5, 0.6) is 0 Å². The van der Waals surface area contributed by atoms with E-state index in [2.05, 4.69) is 83.5 Å². The highest BCUT2D eigenvalue weighted by Crippen LogP contribution is 2.33. The number of fused-ring (bicyclic) bond motifs is 3. The summed E-state index contributed by atoms with van der Waals surface area (Å²) in [7, 11) is 0.453. The first-order chi connectivity index (χ1) is 10.9. The fourth-order valence-corrected chi connectivity index (χ4v) is 3.73. The van der Waals surface area contributed by atoms with E-state index >= 15 is 0 Å². The SMILES string of the molecule is C1=C\c2ccccc2-c2c(cccc2-c2ccccc2)[Si]=N/1. The summed E-state index contributed by atoms with van der Waals surface area (Å²) in [6.07, 6.45) is 4.03. The molecule has 1 nitrogen and oxygen atoms in total. The van der Waals surface area contributed by atoms with Crippen LogP contribution in [-0.2, 0) is 0 Å². The Hall–Kier alpha value is -2.58. The maximum atomic E-state index is 4.55. The first-order valence-electron chi connectivity index (χ1n) is 7.34. The predicted octanol–water partition coefficient (Wildman–Crippen LogP) is 4.52. The number of nitrogens with zero attached hydrogens (tertiary/aromatic N) is 1. The molecule has 3 aromatic carbocycles. The summed E-state index contributed by atoms with van der Waals surface area (Å²) >= 11 is 0. The molecule has 0 spiro atoms. The van der Waals surface area contributed by atoms with Gasteiger partial charge in [0.25, 0.3) is 0 Å². The highest BCUT2D eigenvalue weighted by molar-refractivity contribution is 6.46. The van der Waals surface area contributed by atoms with E-state index in [0.29, 0.717) is 9.31 Å². The molecule has 0 N–H and O–H groups in total. The van der Waals surface area contributed by atoms with Crippen LogP contribution in [0.4, 0.5) is 0 Å². The molecule has 2 heteroatoms. The number of hydrogen-bond acceptors (Lipinski definition) is 1. The largest absolute Gasteiger partial charge is 0.302 e. The lowest BCUT2D eigenvalue weighted by Crippen LogP contribution is -2.13. The fraction of sp³-hybridized carbons (Fsp3) is 0. The van der Waals surface area contributed by atoms with Crippen LogP contribution in [0.1, 0.15) is 5.56 Å². The van der Waals surface area contributed by atoms with Gasteiger partial charge in [0.2, 0.25) is 0 Å². The van der Waals surface area contributed by atoms with Crippen molar-refractivity contribution in [3.05, 3.63) is 84.6 Å². The normalized spacial score (nSPS) is 13.6. The Kier molecular flexibility index (Phi) is 3.37. The quantitative estimate of drug-likeness (QED) is 0.586. The van der Waals surface area contributed by atoms with Crippen molar-refractivity contribution in [2.24, 2.45) is 4.63 Å². The molecule has 1 heterocycles. The molecule has 0 unspecified atom stereocenters. The van der Waals surface area contributed by atoms with Crippen LogP contribution < -0.4 is 5.19 Å². The Bertz CT molecular complexity index is 879. The molecular weight excluding hydrogens is 282 g/mol. The Morgan fingerprint density at radius 2 is 1.45 bits per heavy atom. The van der Waals surface area contributed by atoms with Crippen molar-refractivity contribution >= 4 is 20.6 Å². The van der Waals surface area contributed by atoms with Crippen molar-refractivity contribution in [2.75, 3.05) is 0 Å². The van der Waals surface area contributed by atoms with Gasteiger partial charge < -0.3 is 4.63 Å². The molecule has 0 saturated heterocycles. The molecule has 4 rings (SSSR count). The number of benzene rings is 3. The van der Waals surface area contributed by atoms with E-state index in [9.17, 15) is 0 Å². The van der Waals surface area contributed by atoms with Crippen molar-refractivity contribution < 1.29 is 0 Å². The summed E-state index contributed by atoms with van der Waals surface area (Å²) in [4.78, 5) is 0. The van der Waals surface area contributed by atoms with Crippen molar-refractivity contribution in [1.82, 2.24) is 0 Å². The zero-order valence-electron chi connectivity index (χ0n) is 12.0. The van der Waals surface area contributed by atoms with Crippen LogP contribution in [0, 0.1) is 0 Å². The second-order valence-corrected chi connectivity index (χ2v) is 6.26. The molecule has 0 saturated carbocycles.